The van der Waals surface area contributed by atoms with Crippen LogP contribution in [0.1, 0.15) is 16.7 Å². The molecule has 0 aliphatic carbocycles. The minimum atomic E-state index is 0.297. The molecule has 3 nitrogen and oxygen atoms in total. The molecule has 1 saturated heterocycles. The van der Waals surface area contributed by atoms with Gasteiger partial charge in [-0.2, -0.15) is 10.2 Å². The van der Waals surface area contributed by atoms with Gasteiger partial charge in [0, 0.05) is 6.54 Å². The van der Waals surface area contributed by atoms with Crippen LogP contribution in [0.25, 0.3) is 0 Å². The Morgan fingerprint density at radius 2 is 1.00 bits per heavy atom. The smallest absolute Gasteiger partial charge is 0.0894 e. The van der Waals surface area contributed by atoms with Gasteiger partial charge in [0.25, 0.3) is 0 Å². The molecular weight excluding hydrogens is 318 g/mol. The second-order valence-electron chi connectivity index (χ2n) is 6.75. The highest BCUT2D eigenvalue weighted by Crippen LogP contribution is 2.39. The standard InChI is InChI=1S/C23H19N3/c1-4-10-17(11-5-1)16-26-22-20(18-12-6-2-7-13-18)24-25-21(23(22)26)19-14-8-3-9-15-19/h1-15,22-23H,16H2/t22-,23+,26?. The fourth-order valence-electron chi connectivity index (χ4n) is 3.78. The minimum absolute atomic E-state index is 0.297. The van der Waals surface area contributed by atoms with Crippen molar-refractivity contribution in [1.29, 1.82) is 0 Å². The van der Waals surface area contributed by atoms with Crippen molar-refractivity contribution in [3.05, 3.63) is 108 Å². The Hall–Kier alpha value is -3.04. The molecule has 3 aromatic carbocycles. The zero-order valence-corrected chi connectivity index (χ0v) is 14.4. The normalized spacial score (nSPS) is 23.6. The van der Waals surface area contributed by atoms with E-state index in [1.807, 2.05) is 12.1 Å². The SMILES string of the molecule is c1ccc(CN2[C@@H]3C(c4ccccc4)=NN=C(c4ccccc4)[C@@H]32)cc1. The third-order valence-electron chi connectivity index (χ3n) is 5.10. The predicted octanol–water partition coefficient (Wildman–Crippen LogP) is 4.15. The van der Waals surface area contributed by atoms with Gasteiger partial charge in [-0.05, 0) is 16.7 Å². The molecule has 0 saturated carbocycles. The highest BCUT2D eigenvalue weighted by Gasteiger charge is 2.55. The summed E-state index contributed by atoms with van der Waals surface area (Å²) < 4.78 is 0. The average Bonchev–Trinajstić information content (AvgIpc) is 3.43. The Balaban J connectivity index is 1.52. The number of rotatable bonds is 4. The lowest BCUT2D eigenvalue weighted by Crippen LogP contribution is -2.22. The first-order valence-corrected chi connectivity index (χ1v) is 8.98. The van der Waals surface area contributed by atoms with Crippen LogP contribution >= 0.6 is 0 Å². The molecule has 0 amide bonds. The highest BCUT2D eigenvalue weighted by atomic mass is 15.4. The van der Waals surface area contributed by atoms with Crippen LogP contribution in [0.2, 0.25) is 0 Å². The molecule has 0 radical (unpaired) electrons. The van der Waals surface area contributed by atoms with Gasteiger partial charge < -0.3 is 0 Å². The van der Waals surface area contributed by atoms with Crippen molar-refractivity contribution in [3.63, 3.8) is 0 Å². The molecule has 2 aliphatic heterocycles. The lowest BCUT2D eigenvalue weighted by atomic mass is 9.99. The Labute approximate surface area is 153 Å². The van der Waals surface area contributed by atoms with Gasteiger partial charge in [-0.25, -0.2) is 0 Å². The average molecular weight is 337 g/mol. The fraction of sp³-hybridized carbons (Fsp3) is 0.130. The van der Waals surface area contributed by atoms with Crippen LogP contribution in [0.5, 0.6) is 0 Å². The summed E-state index contributed by atoms with van der Waals surface area (Å²) in [7, 11) is 0. The summed E-state index contributed by atoms with van der Waals surface area (Å²) >= 11 is 0. The molecule has 3 heteroatoms. The van der Waals surface area contributed by atoms with Crippen molar-refractivity contribution < 1.29 is 0 Å². The number of hydrogen-bond acceptors (Lipinski definition) is 3. The van der Waals surface area contributed by atoms with Crippen molar-refractivity contribution in [2.75, 3.05) is 0 Å². The zero-order valence-electron chi connectivity index (χ0n) is 14.4. The summed E-state index contributed by atoms with van der Waals surface area (Å²) in [5, 5.41) is 9.27. The Morgan fingerprint density at radius 1 is 0.577 bits per heavy atom. The summed E-state index contributed by atoms with van der Waals surface area (Å²) in [6, 6.07) is 32.0. The van der Waals surface area contributed by atoms with Crippen LogP contribution in [-0.4, -0.2) is 28.4 Å². The molecule has 0 N–H and O–H groups in total. The van der Waals surface area contributed by atoms with Crippen LogP contribution in [0, 0.1) is 0 Å². The maximum absolute atomic E-state index is 4.64. The second-order valence-corrected chi connectivity index (χ2v) is 6.75. The van der Waals surface area contributed by atoms with E-state index in [4.69, 9.17) is 0 Å². The third-order valence-corrected chi connectivity index (χ3v) is 5.10. The monoisotopic (exact) mass is 337 g/mol. The lowest BCUT2D eigenvalue weighted by Gasteiger charge is -2.10. The molecule has 1 unspecified atom stereocenters. The van der Waals surface area contributed by atoms with E-state index in [0.717, 1.165) is 29.1 Å². The molecule has 1 fully saturated rings. The maximum Gasteiger partial charge on any atom is 0.0894 e. The lowest BCUT2D eigenvalue weighted by molar-refractivity contribution is 0.522. The molecule has 0 aromatic heterocycles. The number of hydrogen-bond donors (Lipinski definition) is 0. The van der Waals surface area contributed by atoms with E-state index in [-0.39, 0.29) is 0 Å². The molecule has 2 aliphatic rings. The van der Waals surface area contributed by atoms with Crippen molar-refractivity contribution in [2.24, 2.45) is 10.2 Å². The van der Waals surface area contributed by atoms with Gasteiger partial charge >= 0.3 is 0 Å². The molecule has 5 rings (SSSR count). The molecular formula is C23H19N3. The van der Waals surface area contributed by atoms with Gasteiger partial charge in [-0.3, -0.25) is 4.90 Å². The first kappa shape index (κ1) is 15.2. The molecule has 2 heterocycles. The molecule has 3 atom stereocenters. The first-order chi connectivity index (χ1) is 12.9. The molecule has 0 bridgehead atoms. The summed E-state index contributed by atoms with van der Waals surface area (Å²) in [5.74, 6) is 0. The van der Waals surface area contributed by atoms with E-state index in [1.165, 1.54) is 5.56 Å². The van der Waals surface area contributed by atoms with E-state index in [9.17, 15) is 0 Å². The zero-order chi connectivity index (χ0) is 17.3. The first-order valence-electron chi connectivity index (χ1n) is 8.98. The van der Waals surface area contributed by atoms with Gasteiger partial charge in [0.2, 0.25) is 0 Å². The van der Waals surface area contributed by atoms with Crippen LogP contribution < -0.4 is 0 Å². The summed E-state index contributed by atoms with van der Waals surface area (Å²) in [4.78, 5) is 2.49. The van der Waals surface area contributed by atoms with E-state index in [1.54, 1.807) is 0 Å². The third kappa shape index (κ3) is 2.67. The van der Waals surface area contributed by atoms with Crippen molar-refractivity contribution in [1.82, 2.24) is 4.90 Å². The van der Waals surface area contributed by atoms with E-state index in [2.05, 4.69) is 94.0 Å². The molecule has 0 spiro atoms. The van der Waals surface area contributed by atoms with Gasteiger partial charge in [-0.15, -0.1) is 0 Å². The minimum Gasteiger partial charge on any atom is -0.278 e. The second kappa shape index (κ2) is 6.36. The Bertz CT molecular complexity index is 901. The van der Waals surface area contributed by atoms with Gasteiger partial charge in [0.1, 0.15) is 0 Å². The van der Waals surface area contributed by atoms with Crippen molar-refractivity contribution in [3.8, 4) is 0 Å². The summed E-state index contributed by atoms with van der Waals surface area (Å²) in [6.45, 7) is 0.911. The maximum atomic E-state index is 4.64. The number of fused-ring (bicyclic) bond motifs is 1. The number of nitrogens with zero attached hydrogens (tertiary/aromatic N) is 3. The molecule has 126 valence electrons. The number of benzene rings is 3. The fourth-order valence-corrected chi connectivity index (χ4v) is 3.78. The van der Waals surface area contributed by atoms with Gasteiger partial charge in [-0.1, -0.05) is 91.0 Å². The Morgan fingerprint density at radius 3 is 1.46 bits per heavy atom. The topological polar surface area (TPSA) is 27.7 Å². The van der Waals surface area contributed by atoms with E-state index >= 15 is 0 Å². The van der Waals surface area contributed by atoms with Crippen LogP contribution in [0.3, 0.4) is 0 Å². The largest absolute Gasteiger partial charge is 0.278 e. The van der Waals surface area contributed by atoms with Crippen LogP contribution in [-0.2, 0) is 6.54 Å². The van der Waals surface area contributed by atoms with E-state index < -0.39 is 0 Å². The van der Waals surface area contributed by atoms with E-state index in [0.29, 0.717) is 12.1 Å². The molecule has 26 heavy (non-hydrogen) atoms. The quantitative estimate of drug-likeness (QED) is 0.657. The van der Waals surface area contributed by atoms with Crippen molar-refractivity contribution >= 4 is 11.4 Å². The molecule has 3 aromatic rings. The summed E-state index contributed by atoms with van der Waals surface area (Å²) in [5.41, 5.74) is 5.79. The van der Waals surface area contributed by atoms with Gasteiger partial charge in [0.15, 0.2) is 0 Å². The Kier molecular flexibility index (Phi) is 3.72. The van der Waals surface area contributed by atoms with Crippen molar-refractivity contribution in [2.45, 2.75) is 18.6 Å². The van der Waals surface area contributed by atoms with Crippen LogP contribution in [0.4, 0.5) is 0 Å². The van der Waals surface area contributed by atoms with Crippen LogP contribution in [0.15, 0.2) is 101 Å². The highest BCUT2D eigenvalue weighted by molar-refractivity contribution is 6.18. The van der Waals surface area contributed by atoms with Gasteiger partial charge in [0.05, 0.1) is 23.5 Å². The summed E-state index contributed by atoms with van der Waals surface area (Å²) in [6.07, 6.45) is 0. The predicted molar refractivity (Wildman–Crippen MR) is 106 cm³/mol.